The van der Waals surface area contributed by atoms with Crippen LogP contribution >= 0.6 is 0 Å². The SMILES string of the molecule is CC(C)C(NC(=O)OC(C)(C)C)C1=Nc2ccc(-c3ccncc3)cc2C1. The Hall–Kier alpha value is -2.69. The van der Waals surface area contributed by atoms with E-state index in [1.165, 1.54) is 5.56 Å². The van der Waals surface area contributed by atoms with Gasteiger partial charge in [0, 0.05) is 24.5 Å². The minimum atomic E-state index is -0.522. The summed E-state index contributed by atoms with van der Waals surface area (Å²) in [4.78, 5) is 21.1. The number of carbonyl (C=O) groups is 1. The van der Waals surface area contributed by atoms with Crippen molar-refractivity contribution in [3.05, 3.63) is 48.3 Å². The van der Waals surface area contributed by atoms with Crippen molar-refractivity contribution in [1.82, 2.24) is 10.3 Å². The van der Waals surface area contributed by atoms with Gasteiger partial charge in [-0.05, 0) is 67.6 Å². The summed E-state index contributed by atoms with van der Waals surface area (Å²) >= 11 is 0. The summed E-state index contributed by atoms with van der Waals surface area (Å²) < 4.78 is 5.42. The Labute approximate surface area is 160 Å². The third-order valence-electron chi connectivity index (χ3n) is 4.43. The Morgan fingerprint density at radius 2 is 1.81 bits per heavy atom. The summed E-state index contributed by atoms with van der Waals surface area (Å²) in [5.41, 5.74) is 4.88. The van der Waals surface area contributed by atoms with Crippen molar-refractivity contribution in [2.24, 2.45) is 10.9 Å². The Bertz CT molecular complexity index is 852. The molecule has 1 aromatic heterocycles. The molecule has 0 radical (unpaired) electrons. The monoisotopic (exact) mass is 365 g/mol. The van der Waals surface area contributed by atoms with Crippen molar-refractivity contribution in [3.8, 4) is 11.1 Å². The van der Waals surface area contributed by atoms with E-state index in [2.05, 4.69) is 36.3 Å². The Morgan fingerprint density at radius 3 is 2.44 bits per heavy atom. The van der Waals surface area contributed by atoms with Crippen molar-refractivity contribution in [3.63, 3.8) is 0 Å². The minimum absolute atomic E-state index is 0.156. The highest BCUT2D eigenvalue weighted by Gasteiger charge is 2.28. The Morgan fingerprint density at radius 1 is 1.11 bits per heavy atom. The lowest BCUT2D eigenvalue weighted by atomic mass is 9.95. The van der Waals surface area contributed by atoms with Crippen LogP contribution in [0.3, 0.4) is 0 Å². The smallest absolute Gasteiger partial charge is 0.408 e. The van der Waals surface area contributed by atoms with Crippen LogP contribution in [0.4, 0.5) is 10.5 Å². The molecule has 1 amide bonds. The van der Waals surface area contributed by atoms with E-state index in [4.69, 9.17) is 9.73 Å². The van der Waals surface area contributed by atoms with Gasteiger partial charge in [0.1, 0.15) is 5.60 Å². The number of nitrogens with zero attached hydrogens (tertiary/aromatic N) is 2. The number of hydrogen-bond acceptors (Lipinski definition) is 4. The molecule has 1 aliphatic heterocycles. The summed E-state index contributed by atoms with van der Waals surface area (Å²) in [6.07, 6.45) is 3.92. The van der Waals surface area contributed by atoms with Crippen LogP contribution in [0.2, 0.25) is 0 Å². The molecule has 5 heteroatoms. The molecule has 5 nitrogen and oxygen atoms in total. The number of benzene rings is 1. The predicted octanol–water partition coefficient (Wildman–Crippen LogP) is 4.93. The summed E-state index contributed by atoms with van der Waals surface area (Å²) in [5.74, 6) is 0.213. The van der Waals surface area contributed by atoms with Crippen molar-refractivity contribution >= 4 is 17.5 Å². The Kier molecular flexibility index (Phi) is 5.31. The van der Waals surface area contributed by atoms with Crippen LogP contribution in [0.25, 0.3) is 11.1 Å². The third-order valence-corrected chi connectivity index (χ3v) is 4.43. The molecule has 0 saturated carbocycles. The molecular weight excluding hydrogens is 338 g/mol. The number of fused-ring (bicyclic) bond motifs is 1. The van der Waals surface area contributed by atoms with Crippen LogP contribution in [-0.4, -0.2) is 28.4 Å². The molecule has 1 aliphatic rings. The molecule has 142 valence electrons. The van der Waals surface area contributed by atoms with E-state index in [0.717, 1.165) is 28.9 Å². The molecule has 0 fully saturated rings. The second-order valence-electron chi connectivity index (χ2n) is 8.23. The maximum Gasteiger partial charge on any atom is 0.408 e. The second kappa shape index (κ2) is 7.51. The zero-order chi connectivity index (χ0) is 19.6. The van der Waals surface area contributed by atoms with Crippen LogP contribution in [0, 0.1) is 5.92 Å². The lowest BCUT2D eigenvalue weighted by Crippen LogP contribution is -2.46. The molecule has 1 atom stereocenters. The number of nitrogens with one attached hydrogen (secondary N) is 1. The zero-order valence-electron chi connectivity index (χ0n) is 16.6. The molecule has 3 rings (SSSR count). The molecule has 0 spiro atoms. The summed E-state index contributed by atoms with van der Waals surface area (Å²) in [6.45, 7) is 9.74. The first-order valence-corrected chi connectivity index (χ1v) is 9.33. The predicted molar refractivity (Wildman–Crippen MR) is 108 cm³/mol. The number of aliphatic imine (C=N–C) groups is 1. The van der Waals surface area contributed by atoms with Gasteiger partial charge in [0.2, 0.25) is 0 Å². The number of pyridine rings is 1. The first kappa shape index (κ1) is 19.1. The summed E-state index contributed by atoms with van der Waals surface area (Å²) in [5, 5.41) is 3.00. The average molecular weight is 365 g/mol. The highest BCUT2D eigenvalue weighted by molar-refractivity contribution is 5.99. The van der Waals surface area contributed by atoms with Gasteiger partial charge >= 0.3 is 6.09 Å². The summed E-state index contributed by atoms with van der Waals surface area (Å²) in [7, 11) is 0. The minimum Gasteiger partial charge on any atom is -0.444 e. The van der Waals surface area contributed by atoms with Crippen LogP contribution in [0.1, 0.15) is 40.2 Å². The van der Waals surface area contributed by atoms with E-state index in [1.54, 1.807) is 12.4 Å². The zero-order valence-corrected chi connectivity index (χ0v) is 16.6. The van der Waals surface area contributed by atoms with Gasteiger partial charge in [0.05, 0.1) is 11.7 Å². The Balaban J connectivity index is 1.77. The van der Waals surface area contributed by atoms with Gasteiger partial charge in [0.15, 0.2) is 0 Å². The first-order valence-electron chi connectivity index (χ1n) is 9.33. The molecule has 1 unspecified atom stereocenters. The van der Waals surface area contributed by atoms with Crippen molar-refractivity contribution < 1.29 is 9.53 Å². The molecule has 0 bridgehead atoms. The van der Waals surface area contributed by atoms with Crippen molar-refractivity contribution in [2.75, 3.05) is 0 Å². The van der Waals surface area contributed by atoms with Gasteiger partial charge in [-0.25, -0.2) is 4.79 Å². The number of ether oxygens (including phenoxy) is 1. The quantitative estimate of drug-likeness (QED) is 0.836. The molecule has 1 N–H and O–H groups in total. The number of rotatable bonds is 4. The molecule has 27 heavy (non-hydrogen) atoms. The number of carbonyl (C=O) groups excluding carboxylic acids is 1. The van der Waals surface area contributed by atoms with E-state index >= 15 is 0 Å². The topological polar surface area (TPSA) is 63.6 Å². The van der Waals surface area contributed by atoms with Gasteiger partial charge in [0.25, 0.3) is 0 Å². The van der Waals surface area contributed by atoms with E-state index < -0.39 is 11.7 Å². The lowest BCUT2D eigenvalue weighted by Gasteiger charge is -2.26. The number of hydrogen-bond donors (Lipinski definition) is 1. The van der Waals surface area contributed by atoms with Gasteiger partial charge in [-0.2, -0.15) is 0 Å². The maximum absolute atomic E-state index is 12.2. The fourth-order valence-corrected chi connectivity index (χ4v) is 3.20. The van der Waals surface area contributed by atoms with Crippen molar-refractivity contribution in [1.29, 1.82) is 0 Å². The molecule has 2 heterocycles. The molecule has 2 aromatic rings. The lowest BCUT2D eigenvalue weighted by molar-refractivity contribution is 0.0508. The molecular formula is C22H27N3O2. The first-order chi connectivity index (χ1) is 12.7. The maximum atomic E-state index is 12.2. The number of alkyl carbamates (subject to hydrolysis) is 1. The van der Waals surface area contributed by atoms with Crippen molar-refractivity contribution in [2.45, 2.75) is 52.7 Å². The average Bonchev–Trinajstić information content (AvgIpc) is 3.01. The highest BCUT2D eigenvalue weighted by Crippen LogP contribution is 2.32. The molecule has 0 saturated heterocycles. The van der Waals surface area contributed by atoms with E-state index in [0.29, 0.717) is 0 Å². The van der Waals surface area contributed by atoms with Crippen LogP contribution in [-0.2, 0) is 11.2 Å². The fraction of sp³-hybridized carbons (Fsp3) is 0.409. The van der Waals surface area contributed by atoms with Gasteiger partial charge < -0.3 is 10.1 Å². The van der Waals surface area contributed by atoms with E-state index in [1.807, 2.05) is 39.0 Å². The van der Waals surface area contributed by atoms with Gasteiger partial charge in [-0.3, -0.25) is 9.98 Å². The molecule has 1 aromatic carbocycles. The van der Waals surface area contributed by atoms with Gasteiger partial charge in [-0.1, -0.05) is 19.9 Å². The van der Waals surface area contributed by atoms with E-state index in [9.17, 15) is 4.79 Å². The van der Waals surface area contributed by atoms with Gasteiger partial charge in [-0.15, -0.1) is 0 Å². The van der Waals surface area contributed by atoms with E-state index in [-0.39, 0.29) is 12.0 Å². The third kappa shape index (κ3) is 4.73. The van der Waals surface area contributed by atoms with Crippen LogP contribution in [0.15, 0.2) is 47.7 Å². The summed E-state index contributed by atoms with van der Waals surface area (Å²) in [6, 6.07) is 10.1. The van der Waals surface area contributed by atoms with Crippen LogP contribution in [0.5, 0.6) is 0 Å². The number of aromatic nitrogens is 1. The van der Waals surface area contributed by atoms with Crippen LogP contribution < -0.4 is 5.32 Å². The fourth-order valence-electron chi connectivity index (χ4n) is 3.20. The highest BCUT2D eigenvalue weighted by atomic mass is 16.6. The number of amides is 1. The molecule has 0 aliphatic carbocycles. The second-order valence-corrected chi connectivity index (χ2v) is 8.23. The standard InChI is InChI=1S/C22H27N3O2/c1-14(2)20(25-21(26)27-22(3,4)5)19-13-17-12-16(6-7-18(17)24-19)15-8-10-23-11-9-15/h6-12,14,20H,13H2,1-5H3,(H,25,26). The normalized spacial score (nSPS) is 14.5. The largest absolute Gasteiger partial charge is 0.444 e.